The summed E-state index contributed by atoms with van der Waals surface area (Å²) in [5, 5.41) is 8.76. The number of hydrogen-bond acceptors (Lipinski definition) is 2. The average Bonchev–Trinajstić information content (AvgIpc) is 1.88. The highest BCUT2D eigenvalue weighted by Crippen LogP contribution is 2.33. The van der Waals surface area contributed by atoms with Crippen LogP contribution in [-0.2, 0) is 0 Å². The summed E-state index contributed by atoms with van der Waals surface area (Å²) in [6, 6.07) is 2.59. The van der Waals surface area contributed by atoms with Crippen molar-refractivity contribution in [2.75, 3.05) is 0 Å². The van der Waals surface area contributed by atoms with E-state index in [-0.39, 0.29) is 11.5 Å². The molecule has 2 heteroatoms. The molecule has 1 fully saturated rings. The Balaban J connectivity index is 2.56. The molecule has 0 aromatic heterocycles. The number of hydrogen-bond donors (Lipinski definition) is 1. The SMILES string of the molecule is C[C@@]1(C#N)CCC[C@@H](N)C1. The van der Waals surface area contributed by atoms with E-state index in [1.165, 1.54) is 0 Å². The van der Waals surface area contributed by atoms with Crippen LogP contribution in [0, 0.1) is 16.7 Å². The minimum Gasteiger partial charge on any atom is -0.328 e. The first-order valence-electron chi connectivity index (χ1n) is 3.83. The Kier molecular flexibility index (Phi) is 1.96. The number of nitrogens with zero attached hydrogens (tertiary/aromatic N) is 1. The maximum absolute atomic E-state index is 8.76. The Morgan fingerprint density at radius 2 is 2.40 bits per heavy atom. The Morgan fingerprint density at radius 3 is 2.80 bits per heavy atom. The number of rotatable bonds is 0. The van der Waals surface area contributed by atoms with E-state index in [1.807, 2.05) is 6.92 Å². The van der Waals surface area contributed by atoms with Gasteiger partial charge in [0.2, 0.25) is 0 Å². The summed E-state index contributed by atoms with van der Waals surface area (Å²) in [6.45, 7) is 2.01. The molecule has 0 spiro atoms. The molecule has 2 nitrogen and oxygen atoms in total. The van der Waals surface area contributed by atoms with Gasteiger partial charge in [-0.15, -0.1) is 0 Å². The van der Waals surface area contributed by atoms with Crippen molar-refractivity contribution in [3.63, 3.8) is 0 Å². The smallest absolute Gasteiger partial charge is 0.0687 e. The second-order valence-electron chi connectivity index (χ2n) is 3.53. The largest absolute Gasteiger partial charge is 0.328 e. The third-order valence-corrected chi connectivity index (χ3v) is 2.29. The Labute approximate surface area is 62.0 Å². The van der Waals surface area contributed by atoms with Crippen LogP contribution in [0.25, 0.3) is 0 Å². The van der Waals surface area contributed by atoms with E-state index < -0.39 is 0 Å². The molecule has 56 valence electrons. The summed E-state index contributed by atoms with van der Waals surface area (Å²) >= 11 is 0. The van der Waals surface area contributed by atoms with E-state index in [9.17, 15) is 0 Å². The van der Waals surface area contributed by atoms with Crippen molar-refractivity contribution in [1.82, 2.24) is 0 Å². The number of nitrogens with two attached hydrogens (primary N) is 1. The fourth-order valence-electron chi connectivity index (χ4n) is 1.64. The highest BCUT2D eigenvalue weighted by molar-refractivity contribution is 4.99. The lowest BCUT2D eigenvalue weighted by Crippen LogP contribution is -2.33. The molecule has 10 heavy (non-hydrogen) atoms. The van der Waals surface area contributed by atoms with Crippen LogP contribution in [0.5, 0.6) is 0 Å². The third kappa shape index (κ3) is 1.48. The summed E-state index contributed by atoms with van der Waals surface area (Å²) in [7, 11) is 0. The van der Waals surface area contributed by atoms with Crippen LogP contribution in [0.3, 0.4) is 0 Å². The molecule has 1 aliphatic carbocycles. The van der Waals surface area contributed by atoms with Crippen molar-refractivity contribution in [3.8, 4) is 6.07 Å². The summed E-state index contributed by atoms with van der Waals surface area (Å²) in [6.07, 6.45) is 4.11. The molecule has 0 unspecified atom stereocenters. The maximum atomic E-state index is 8.76. The monoisotopic (exact) mass is 138 g/mol. The van der Waals surface area contributed by atoms with Crippen LogP contribution >= 0.6 is 0 Å². The lowest BCUT2D eigenvalue weighted by molar-refractivity contribution is 0.267. The zero-order valence-corrected chi connectivity index (χ0v) is 6.43. The Bertz CT molecular complexity index is 159. The fourth-order valence-corrected chi connectivity index (χ4v) is 1.64. The topological polar surface area (TPSA) is 49.8 Å². The van der Waals surface area contributed by atoms with Gasteiger partial charge in [0, 0.05) is 6.04 Å². The van der Waals surface area contributed by atoms with Gasteiger partial charge in [-0.25, -0.2) is 0 Å². The van der Waals surface area contributed by atoms with Crippen molar-refractivity contribution >= 4 is 0 Å². The molecule has 0 radical (unpaired) electrons. The average molecular weight is 138 g/mol. The quantitative estimate of drug-likeness (QED) is 0.550. The molecular formula is C8H14N2. The van der Waals surface area contributed by atoms with Crippen molar-refractivity contribution in [2.45, 2.75) is 38.6 Å². The summed E-state index contributed by atoms with van der Waals surface area (Å²) in [4.78, 5) is 0. The fraction of sp³-hybridized carbons (Fsp3) is 0.875. The van der Waals surface area contributed by atoms with Crippen LogP contribution in [-0.4, -0.2) is 6.04 Å². The highest BCUT2D eigenvalue weighted by atomic mass is 14.6. The molecule has 1 rings (SSSR count). The summed E-state index contributed by atoms with van der Waals surface area (Å²) in [5.74, 6) is 0. The van der Waals surface area contributed by atoms with Crippen LogP contribution in [0.1, 0.15) is 32.6 Å². The van der Waals surface area contributed by atoms with E-state index in [0.717, 1.165) is 25.7 Å². The minimum absolute atomic E-state index is 0.127. The van der Waals surface area contributed by atoms with Gasteiger partial charge in [-0.1, -0.05) is 6.42 Å². The first-order chi connectivity index (χ1) is 4.66. The molecule has 2 N–H and O–H groups in total. The van der Waals surface area contributed by atoms with Gasteiger partial charge < -0.3 is 5.73 Å². The van der Waals surface area contributed by atoms with Gasteiger partial charge in [0.1, 0.15) is 0 Å². The first kappa shape index (κ1) is 7.56. The third-order valence-electron chi connectivity index (χ3n) is 2.29. The minimum atomic E-state index is -0.127. The second-order valence-corrected chi connectivity index (χ2v) is 3.53. The predicted molar refractivity (Wildman–Crippen MR) is 40.2 cm³/mol. The highest BCUT2D eigenvalue weighted by Gasteiger charge is 2.30. The summed E-state index contributed by atoms with van der Waals surface area (Å²) in [5.41, 5.74) is 5.61. The van der Waals surface area contributed by atoms with Gasteiger partial charge in [0.25, 0.3) is 0 Å². The van der Waals surface area contributed by atoms with Gasteiger partial charge in [-0.3, -0.25) is 0 Å². The molecule has 0 heterocycles. The molecule has 0 aromatic rings. The number of nitriles is 1. The van der Waals surface area contributed by atoms with E-state index in [2.05, 4.69) is 6.07 Å². The van der Waals surface area contributed by atoms with E-state index in [0.29, 0.717) is 0 Å². The van der Waals surface area contributed by atoms with Gasteiger partial charge >= 0.3 is 0 Å². The molecule has 0 aromatic carbocycles. The Hall–Kier alpha value is -0.550. The molecule has 0 aliphatic heterocycles. The second kappa shape index (κ2) is 2.59. The molecule has 1 aliphatic rings. The van der Waals surface area contributed by atoms with Crippen LogP contribution in [0.15, 0.2) is 0 Å². The van der Waals surface area contributed by atoms with Crippen molar-refractivity contribution < 1.29 is 0 Å². The first-order valence-corrected chi connectivity index (χ1v) is 3.83. The molecule has 1 saturated carbocycles. The lowest BCUT2D eigenvalue weighted by Gasteiger charge is -2.30. The lowest BCUT2D eigenvalue weighted by atomic mass is 9.75. The van der Waals surface area contributed by atoms with Gasteiger partial charge in [-0.2, -0.15) is 5.26 Å². The molecular weight excluding hydrogens is 124 g/mol. The van der Waals surface area contributed by atoms with Gasteiger partial charge in [-0.05, 0) is 26.2 Å². The molecule has 0 amide bonds. The van der Waals surface area contributed by atoms with Gasteiger partial charge in [0.05, 0.1) is 11.5 Å². The molecule has 0 bridgehead atoms. The van der Waals surface area contributed by atoms with E-state index in [1.54, 1.807) is 0 Å². The molecule has 0 saturated heterocycles. The normalized spacial score (nSPS) is 40.7. The van der Waals surface area contributed by atoms with E-state index >= 15 is 0 Å². The van der Waals surface area contributed by atoms with Gasteiger partial charge in [0.15, 0.2) is 0 Å². The van der Waals surface area contributed by atoms with Crippen molar-refractivity contribution in [1.29, 1.82) is 5.26 Å². The van der Waals surface area contributed by atoms with Crippen molar-refractivity contribution in [2.24, 2.45) is 11.1 Å². The van der Waals surface area contributed by atoms with Crippen LogP contribution in [0.2, 0.25) is 0 Å². The predicted octanol–water partition coefficient (Wildman–Crippen LogP) is 1.42. The maximum Gasteiger partial charge on any atom is 0.0687 e. The zero-order chi connectivity index (χ0) is 7.61. The van der Waals surface area contributed by atoms with Crippen LogP contribution in [0.4, 0.5) is 0 Å². The van der Waals surface area contributed by atoms with E-state index in [4.69, 9.17) is 11.0 Å². The molecule has 2 atom stereocenters. The standard InChI is InChI=1S/C8H14N2/c1-8(6-9)4-2-3-7(10)5-8/h7H,2-5,10H2,1H3/t7-,8-/m1/s1. The Morgan fingerprint density at radius 1 is 1.70 bits per heavy atom. The summed E-state index contributed by atoms with van der Waals surface area (Å²) < 4.78 is 0. The van der Waals surface area contributed by atoms with Crippen molar-refractivity contribution in [3.05, 3.63) is 0 Å². The van der Waals surface area contributed by atoms with Crippen LogP contribution < -0.4 is 5.73 Å². The zero-order valence-electron chi connectivity index (χ0n) is 6.43.